The number of hydrogen-bond acceptors (Lipinski definition) is 5. The van der Waals surface area contributed by atoms with E-state index in [-0.39, 0.29) is 19.7 Å². The fraction of sp³-hybridized carbons (Fsp3) is 0.200. The monoisotopic (exact) mass is 333 g/mol. The molecule has 24 heavy (non-hydrogen) atoms. The smallest absolute Gasteiger partial charge is 0.407 e. The molecule has 2 rings (SSSR count). The Balaban J connectivity index is 1.86. The highest BCUT2D eigenvalue weighted by molar-refractivity contribution is 5.86. The third kappa shape index (κ3) is 4.57. The molecule has 0 fully saturated rings. The van der Waals surface area contributed by atoms with Gasteiger partial charge in [-0.25, -0.2) is 14.4 Å². The molecular formula is C15H15N3O6. The molecule has 1 aromatic heterocycles. The molecule has 1 heterocycles. The van der Waals surface area contributed by atoms with Gasteiger partial charge in [0.2, 0.25) is 0 Å². The molecule has 0 saturated heterocycles. The van der Waals surface area contributed by atoms with Gasteiger partial charge in [0.05, 0.1) is 0 Å². The number of carboxylic acid groups (broad SMARTS) is 1. The lowest BCUT2D eigenvalue weighted by Crippen LogP contribution is -2.36. The number of alkyl carbamates (subject to hydrolysis) is 1. The number of carboxylic acids is 1. The molecular weight excluding hydrogens is 318 g/mol. The Morgan fingerprint density at radius 3 is 2.58 bits per heavy atom. The van der Waals surface area contributed by atoms with E-state index in [1.165, 1.54) is 0 Å². The van der Waals surface area contributed by atoms with Crippen molar-refractivity contribution in [3.05, 3.63) is 68.5 Å². The lowest BCUT2D eigenvalue weighted by Gasteiger charge is -2.08. The summed E-state index contributed by atoms with van der Waals surface area (Å²) in [4.78, 5) is 47.2. The topological polar surface area (TPSA) is 130 Å². The molecule has 126 valence electrons. The van der Waals surface area contributed by atoms with Crippen molar-refractivity contribution in [1.82, 2.24) is 14.9 Å². The van der Waals surface area contributed by atoms with Crippen molar-refractivity contribution in [3.63, 3.8) is 0 Å². The summed E-state index contributed by atoms with van der Waals surface area (Å²) in [5.74, 6) is -1.44. The van der Waals surface area contributed by atoms with Gasteiger partial charge in [-0.2, -0.15) is 0 Å². The maximum atomic E-state index is 11.6. The quantitative estimate of drug-likeness (QED) is 0.690. The molecule has 0 radical (unpaired) electrons. The van der Waals surface area contributed by atoms with Crippen LogP contribution in [0, 0.1) is 0 Å². The molecule has 0 aliphatic rings. The predicted octanol–water partition coefficient (Wildman–Crippen LogP) is 0.161. The van der Waals surface area contributed by atoms with Gasteiger partial charge in [-0.15, -0.1) is 0 Å². The van der Waals surface area contributed by atoms with Crippen LogP contribution in [0.1, 0.15) is 15.9 Å². The minimum Gasteiger partial charge on any atom is -0.477 e. The van der Waals surface area contributed by atoms with Gasteiger partial charge in [-0.1, -0.05) is 30.3 Å². The lowest BCUT2D eigenvalue weighted by molar-refractivity contribution is 0.0693. The van der Waals surface area contributed by atoms with Gasteiger partial charge >= 0.3 is 17.8 Å². The van der Waals surface area contributed by atoms with Gasteiger partial charge < -0.3 is 15.2 Å². The summed E-state index contributed by atoms with van der Waals surface area (Å²) in [6.45, 7) is 0.114. The van der Waals surface area contributed by atoms with E-state index in [1.807, 2.05) is 23.2 Å². The molecule has 0 aliphatic heterocycles. The second kappa shape index (κ2) is 7.77. The first-order valence-corrected chi connectivity index (χ1v) is 6.99. The number of carbonyl (C=O) groups is 2. The van der Waals surface area contributed by atoms with Crippen molar-refractivity contribution in [1.29, 1.82) is 0 Å². The van der Waals surface area contributed by atoms with Crippen molar-refractivity contribution in [2.45, 2.75) is 13.2 Å². The average molecular weight is 333 g/mol. The predicted molar refractivity (Wildman–Crippen MR) is 82.9 cm³/mol. The number of amides is 1. The van der Waals surface area contributed by atoms with Gasteiger partial charge in [0.15, 0.2) is 0 Å². The molecule has 0 saturated carbocycles. The molecule has 1 amide bonds. The summed E-state index contributed by atoms with van der Waals surface area (Å²) in [5, 5.41) is 11.3. The molecule has 3 N–H and O–H groups in total. The highest BCUT2D eigenvalue weighted by atomic mass is 16.5. The van der Waals surface area contributed by atoms with E-state index < -0.39 is 28.9 Å². The van der Waals surface area contributed by atoms with Crippen LogP contribution in [0.2, 0.25) is 0 Å². The van der Waals surface area contributed by atoms with Gasteiger partial charge in [-0.3, -0.25) is 14.3 Å². The Labute approximate surface area is 135 Å². The van der Waals surface area contributed by atoms with E-state index in [2.05, 4.69) is 5.32 Å². The number of aromatic nitrogens is 2. The summed E-state index contributed by atoms with van der Waals surface area (Å²) in [6, 6.07) is 9.09. The minimum absolute atomic E-state index is 0.0175. The summed E-state index contributed by atoms with van der Waals surface area (Å²) in [7, 11) is 0. The number of nitrogens with one attached hydrogen (secondary N) is 2. The van der Waals surface area contributed by atoms with Crippen LogP contribution in [0.3, 0.4) is 0 Å². The standard InChI is InChI=1S/C15H15N3O6/c19-12-11(13(20)21)8-18(14(22)17-12)7-6-16-15(23)24-9-10-4-2-1-3-5-10/h1-5,8H,6-7,9H2,(H,16,23)(H,20,21)(H,17,19,22). The normalized spacial score (nSPS) is 10.2. The summed E-state index contributed by atoms with van der Waals surface area (Å²) in [5.41, 5.74) is -1.46. The molecule has 9 nitrogen and oxygen atoms in total. The van der Waals surface area contributed by atoms with Crippen molar-refractivity contribution >= 4 is 12.1 Å². The summed E-state index contributed by atoms with van der Waals surface area (Å²) < 4.78 is 5.98. The molecule has 0 aliphatic carbocycles. The van der Waals surface area contributed by atoms with Crippen LogP contribution in [-0.4, -0.2) is 33.3 Å². The number of aromatic carboxylic acids is 1. The zero-order valence-corrected chi connectivity index (χ0v) is 12.5. The van der Waals surface area contributed by atoms with Crippen molar-refractivity contribution in [2.75, 3.05) is 6.54 Å². The number of aromatic amines is 1. The van der Waals surface area contributed by atoms with Gasteiger partial charge in [0, 0.05) is 19.3 Å². The van der Waals surface area contributed by atoms with Crippen molar-refractivity contribution < 1.29 is 19.4 Å². The van der Waals surface area contributed by atoms with Gasteiger partial charge in [0.25, 0.3) is 5.56 Å². The highest BCUT2D eigenvalue weighted by Gasteiger charge is 2.11. The van der Waals surface area contributed by atoms with Crippen molar-refractivity contribution in [2.24, 2.45) is 0 Å². The third-order valence-electron chi connectivity index (χ3n) is 3.08. The first kappa shape index (κ1) is 17.0. The Morgan fingerprint density at radius 2 is 1.92 bits per heavy atom. The minimum atomic E-state index is -1.44. The van der Waals surface area contributed by atoms with E-state index in [9.17, 15) is 19.2 Å². The maximum Gasteiger partial charge on any atom is 0.407 e. The Kier molecular flexibility index (Phi) is 5.50. The Hall–Kier alpha value is -3.36. The van der Waals surface area contributed by atoms with Gasteiger partial charge in [-0.05, 0) is 5.56 Å². The molecule has 9 heteroatoms. The average Bonchev–Trinajstić information content (AvgIpc) is 2.55. The zero-order chi connectivity index (χ0) is 17.5. The van der Waals surface area contributed by atoms with Crippen LogP contribution in [0.25, 0.3) is 0 Å². The molecule has 2 aromatic rings. The zero-order valence-electron chi connectivity index (χ0n) is 12.5. The molecule has 1 aromatic carbocycles. The van der Waals surface area contributed by atoms with E-state index >= 15 is 0 Å². The molecule has 0 bridgehead atoms. The fourth-order valence-corrected chi connectivity index (χ4v) is 1.88. The molecule has 0 atom stereocenters. The second-order valence-corrected chi connectivity index (χ2v) is 4.79. The Morgan fingerprint density at radius 1 is 1.21 bits per heavy atom. The van der Waals surface area contributed by atoms with E-state index in [0.717, 1.165) is 16.3 Å². The van der Waals surface area contributed by atoms with Crippen LogP contribution in [0.15, 0.2) is 46.1 Å². The number of H-pyrrole nitrogens is 1. The largest absolute Gasteiger partial charge is 0.477 e. The number of carbonyl (C=O) groups excluding carboxylic acids is 1. The first-order valence-electron chi connectivity index (χ1n) is 6.99. The Bertz CT molecular complexity index is 840. The fourth-order valence-electron chi connectivity index (χ4n) is 1.88. The lowest BCUT2D eigenvalue weighted by atomic mass is 10.2. The van der Waals surface area contributed by atoms with E-state index in [1.54, 1.807) is 12.1 Å². The summed E-state index contributed by atoms with van der Waals surface area (Å²) in [6.07, 6.45) is 0.260. The second-order valence-electron chi connectivity index (χ2n) is 4.79. The molecule has 0 unspecified atom stereocenters. The van der Waals surface area contributed by atoms with Crippen LogP contribution in [-0.2, 0) is 17.9 Å². The van der Waals surface area contributed by atoms with E-state index in [0.29, 0.717) is 0 Å². The maximum absolute atomic E-state index is 11.6. The number of rotatable bonds is 6. The molecule has 0 spiro atoms. The first-order chi connectivity index (χ1) is 11.5. The van der Waals surface area contributed by atoms with Crippen molar-refractivity contribution in [3.8, 4) is 0 Å². The summed E-state index contributed by atoms with van der Waals surface area (Å²) >= 11 is 0. The van der Waals surface area contributed by atoms with Crippen LogP contribution in [0.4, 0.5) is 4.79 Å². The van der Waals surface area contributed by atoms with Crippen LogP contribution in [0.5, 0.6) is 0 Å². The highest BCUT2D eigenvalue weighted by Crippen LogP contribution is 2.00. The van der Waals surface area contributed by atoms with Crippen LogP contribution >= 0.6 is 0 Å². The van der Waals surface area contributed by atoms with Crippen LogP contribution < -0.4 is 16.6 Å². The number of nitrogens with zero attached hydrogens (tertiary/aromatic N) is 1. The van der Waals surface area contributed by atoms with Gasteiger partial charge in [0.1, 0.15) is 12.2 Å². The van der Waals surface area contributed by atoms with E-state index in [4.69, 9.17) is 9.84 Å². The SMILES string of the molecule is O=C(NCCn1cc(C(=O)O)c(=O)[nH]c1=O)OCc1ccccc1. The number of benzene rings is 1. The third-order valence-corrected chi connectivity index (χ3v) is 3.08. The number of ether oxygens (including phenoxy) is 1. The number of hydrogen-bond donors (Lipinski definition) is 3.